The van der Waals surface area contributed by atoms with E-state index < -0.39 is 0 Å². The summed E-state index contributed by atoms with van der Waals surface area (Å²) in [5.74, 6) is 0.554. The summed E-state index contributed by atoms with van der Waals surface area (Å²) < 4.78 is 0. The van der Waals surface area contributed by atoms with Crippen LogP contribution in [0.4, 0.5) is 5.69 Å². The number of anilines is 1. The summed E-state index contributed by atoms with van der Waals surface area (Å²) >= 11 is 0. The largest absolute Gasteiger partial charge is 0.340 e. The van der Waals surface area contributed by atoms with E-state index >= 15 is 0 Å². The second-order valence-corrected chi connectivity index (χ2v) is 7.63. The number of amides is 1. The molecule has 1 amide bonds. The third-order valence-electron chi connectivity index (χ3n) is 4.96. The van der Waals surface area contributed by atoms with Gasteiger partial charge in [-0.15, -0.1) is 0 Å². The number of carbonyl (C=O) groups is 1. The second-order valence-electron chi connectivity index (χ2n) is 7.63. The van der Waals surface area contributed by atoms with Crippen molar-refractivity contribution < 1.29 is 4.79 Å². The van der Waals surface area contributed by atoms with Crippen molar-refractivity contribution in [3.63, 3.8) is 0 Å². The highest BCUT2D eigenvalue weighted by molar-refractivity contribution is 5.95. The maximum atomic E-state index is 12.0. The summed E-state index contributed by atoms with van der Waals surface area (Å²) in [6, 6.07) is 7.95. The van der Waals surface area contributed by atoms with Crippen LogP contribution in [0.5, 0.6) is 0 Å². The van der Waals surface area contributed by atoms with Gasteiger partial charge in [0.25, 0.3) is 0 Å². The molecular formula is C24H24N6O. The van der Waals surface area contributed by atoms with Crippen LogP contribution in [0.25, 0.3) is 39.6 Å². The number of hydrogen-bond donors (Lipinski definition) is 3. The van der Waals surface area contributed by atoms with Gasteiger partial charge in [-0.1, -0.05) is 38.6 Å². The predicted octanol–water partition coefficient (Wildman–Crippen LogP) is 5.12. The molecule has 4 rings (SSSR count). The van der Waals surface area contributed by atoms with Gasteiger partial charge < -0.3 is 10.3 Å². The fourth-order valence-corrected chi connectivity index (χ4v) is 3.23. The number of aromatic nitrogens is 5. The molecule has 0 fully saturated rings. The van der Waals surface area contributed by atoms with Crippen molar-refractivity contribution in [2.45, 2.75) is 20.8 Å². The molecule has 0 atom stereocenters. The standard InChI is InChI=1S/C24H24N6O/c1-5-6-7-20-15(4)26-23(28-20)22-19-11-16(8-9-21(19)29-30-22)17-10-18(13-25-12-17)27-24(31)14(2)3/h5-14H,1H2,2-4H3,(H,26,28)(H,27,31)(H,29,30)/b7-6-. The molecule has 3 aromatic heterocycles. The number of imidazole rings is 1. The highest BCUT2D eigenvalue weighted by atomic mass is 16.1. The number of aryl methyl sites for hydroxylation is 1. The van der Waals surface area contributed by atoms with Crippen molar-refractivity contribution in [2.75, 3.05) is 5.32 Å². The van der Waals surface area contributed by atoms with Crippen molar-refractivity contribution >= 4 is 28.6 Å². The maximum Gasteiger partial charge on any atom is 0.226 e. The first-order valence-electron chi connectivity index (χ1n) is 10.1. The quantitative estimate of drug-likeness (QED) is 0.383. The zero-order valence-corrected chi connectivity index (χ0v) is 17.7. The molecule has 31 heavy (non-hydrogen) atoms. The predicted molar refractivity (Wildman–Crippen MR) is 124 cm³/mol. The molecule has 0 aliphatic heterocycles. The normalized spacial score (nSPS) is 11.5. The lowest BCUT2D eigenvalue weighted by Crippen LogP contribution is -2.17. The van der Waals surface area contributed by atoms with E-state index in [2.05, 4.69) is 43.1 Å². The molecule has 0 spiro atoms. The molecule has 156 valence electrons. The van der Waals surface area contributed by atoms with Crippen LogP contribution in [0.15, 0.2) is 55.4 Å². The Hall–Kier alpha value is -4.00. The van der Waals surface area contributed by atoms with Gasteiger partial charge in [-0.3, -0.25) is 14.9 Å². The molecule has 0 saturated heterocycles. The van der Waals surface area contributed by atoms with Gasteiger partial charge in [0.05, 0.1) is 23.1 Å². The minimum absolute atomic E-state index is 0.0407. The first kappa shape index (κ1) is 20.3. The van der Waals surface area contributed by atoms with E-state index in [1.54, 1.807) is 18.5 Å². The molecule has 0 aliphatic carbocycles. The molecule has 1 aromatic carbocycles. The third kappa shape index (κ3) is 4.16. The maximum absolute atomic E-state index is 12.0. The molecule has 3 N–H and O–H groups in total. The number of H-pyrrole nitrogens is 2. The number of rotatable bonds is 6. The number of nitrogens with zero attached hydrogens (tertiary/aromatic N) is 3. The summed E-state index contributed by atoms with van der Waals surface area (Å²) in [6.45, 7) is 9.39. The summed E-state index contributed by atoms with van der Waals surface area (Å²) in [7, 11) is 0. The van der Waals surface area contributed by atoms with Crippen LogP contribution >= 0.6 is 0 Å². The van der Waals surface area contributed by atoms with Crippen LogP contribution in [-0.2, 0) is 4.79 Å². The summed E-state index contributed by atoms with van der Waals surface area (Å²) in [6.07, 6.45) is 8.91. The summed E-state index contributed by atoms with van der Waals surface area (Å²) in [4.78, 5) is 24.3. The van der Waals surface area contributed by atoms with Crippen molar-refractivity contribution in [1.82, 2.24) is 25.1 Å². The van der Waals surface area contributed by atoms with Crippen LogP contribution in [0.3, 0.4) is 0 Å². The van der Waals surface area contributed by atoms with E-state index in [1.807, 2.05) is 51.1 Å². The van der Waals surface area contributed by atoms with E-state index in [1.165, 1.54) is 0 Å². The van der Waals surface area contributed by atoms with Crippen molar-refractivity contribution in [2.24, 2.45) is 5.92 Å². The Morgan fingerprint density at radius 1 is 1.19 bits per heavy atom. The molecule has 0 aliphatic rings. The van der Waals surface area contributed by atoms with Gasteiger partial charge in [0.1, 0.15) is 5.69 Å². The Bertz CT molecular complexity index is 1290. The van der Waals surface area contributed by atoms with Crippen LogP contribution in [0.1, 0.15) is 25.2 Å². The number of benzene rings is 1. The monoisotopic (exact) mass is 412 g/mol. The fraction of sp³-hybridized carbons (Fsp3) is 0.167. The number of nitrogens with one attached hydrogen (secondary N) is 3. The molecule has 0 unspecified atom stereocenters. The fourth-order valence-electron chi connectivity index (χ4n) is 3.23. The molecule has 3 heterocycles. The first-order valence-corrected chi connectivity index (χ1v) is 10.1. The third-order valence-corrected chi connectivity index (χ3v) is 4.96. The summed E-state index contributed by atoms with van der Waals surface area (Å²) in [5, 5.41) is 11.4. The van der Waals surface area contributed by atoms with E-state index in [-0.39, 0.29) is 11.8 Å². The minimum atomic E-state index is -0.100. The van der Waals surface area contributed by atoms with Crippen LogP contribution < -0.4 is 5.32 Å². The molecular weight excluding hydrogens is 388 g/mol. The summed E-state index contributed by atoms with van der Waals surface area (Å²) in [5.41, 5.74) is 6.00. The lowest BCUT2D eigenvalue weighted by Gasteiger charge is -2.09. The topological polar surface area (TPSA) is 99.3 Å². The van der Waals surface area contributed by atoms with Gasteiger partial charge in [-0.2, -0.15) is 5.10 Å². The molecule has 7 nitrogen and oxygen atoms in total. The zero-order chi connectivity index (χ0) is 22.0. The molecule has 7 heteroatoms. The van der Waals surface area contributed by atoms with Crippen LogP contribution in [-0.4, -0.2) is 31.1 Å². The minimum Gasteiger partial charge on any atom is -0.340 e. The van der Waals surface area contributed by atoms with E-state index in [4.69, 9.17) is 0 Å². The van der Waals surface area contributed by atoms with Crippen molar-refractivity contribution in [3.05, 3.63) is 66.8 Å². The van der Waals surface area contributed by atoms with E-state index in [0.29, 0.717) is 11.5 Å². The van der Waals surface area contributed by atoms with Crippen molar-refractivity contribution in [1.29, 1.82) is 0 Å². The lowest BCUT2D eigenvalue weighted by atomic mass is 10.0. The van der Waals surface area contributed by atoms with Gasteiger partial charge in [0.2, 0.25) is 5.91 Å². The van der Waals surface area contributed by atoms with E-state index in [9.17, 15) is 4.79 Å². The van der Waals surface area contributed by atoms with Crippen LogP contribution in [0, 0.1) is 12.8 Å². The SMILES string of the molecule is C=C/C=C\c1nc(-c2n[nH]c3ccc(-c4cncc(NC(=O)C(C)C)c4)cc23)[nH]c1C. The zero-order valence-electron chi connectivity index (χ0n) is 17.7. The van der Waals surface area contributed by atoms with Crippen LogP contribution in [0.2, 0.25) is 0 Å². The molecule has 4 aromatic rings. The Morgan fingerprint density at radius 2 is 2.03 bits per heavy atom. The number of aromatic amines is 2. The number of allylic oxidation sites excluding steroid dienone is 2. The number of fused-ring (bicyclic) bond motifs is 1. The Kier molecular flexibility index (Phi) is 5.49. The first-order chi connectivity index (χ1) is 15.0. The van der Waals surface area contributed by atoms with Gasteiger partial charge >= 0.3 is 0 Å². The lowest BCUT2D eigenvalue weighted by molar-refractivity contribution is -0.118. The van der Waals surface area contributed by atoms with Gasteiger partial charge in [0.15, 0.2) is 5.82 Å². The second kappa shape index (κ2) is 8.39. The van der Waals surface area contributed by atoms with Gasteiger partial charge in [-0.25, -0.2) is 4.98 Å². The number of pyridine rings is 1. The molecule has 0 saturated carbocycles. The average molecular weight is 412 g/mol. The average Bonchev–Trinajstić information content (AvgIpc) is 3.34. The number of hydrogen-bond acceptors (Lipinski definition) is 4. The smallest absolute Gasteiger partial charge is 0.226 e. The van der Waals surface area contributed by atoms with Gasteiger partial charge in [-0.05, 0) is 36.8 Å². The molecule has 0 radical (unpaired) electrons. The highest BCUT2D eigenvalue weighted by Gasteiger charge is 2.15. The Balaban J connectivity index is 1.72. The molecule has 0 bridgehead atoms. The van der Waals surface area contributed by atoms with E-state index in [0.717, 1.165) is 39.1 Å². The Morgan fingerprint density at radius 3 is 2.81 bits per heavy atom. The number of carbonyl (C=O) groups excluding carboxylic acids is 1. The van der Waals surface area contributed by atoms with Gasteiger partial charge in [0, 0.05) is 28.8 Å². The highest BCUT2D eigenvalue weighted by Crippen LogP contribution is 2.30. The van der Waals surface area contributed by atoms with Crippen molar-refractivity contribution in [3.8, 4) is 22.6 Å². The Labute approximate surface area is 180 Å².